The predicted molar refractivity (Wildman–Crippen MR) is 74.4 cm³/mol. The van der Waals surface area contributed by atoms with Crippen molar-refractivity contribution in [3.63, 3.8) is 0 Å². The highest BCUT2D eigenvalue weighted by atomic mass is 19.3. The van der Waals surface area contributed by atoms with E-state index in [-0.39, 0.29) is 12.0 Å². The number of nitrogens with zero attached hydrogens (tertiary/aromatic N) is 1. The summed E-state index contributed by atoms with van der Waals surface area (Å²) in [5.41, 5.74) is 1.49. The van der Waals surface area contributed by atoms with Crippen molar-refractivity contribution in [2.24, 2.45) is 5.92 Å². The third kappa shape index (κ3) is 5.16. The lowest BCUT2D eigenvalue weighted by atomic mass is 10.1. The van der Waals surface area contributed by atoms with Crippen molar-refractivity contribution in [3.8, 4) is 0 Å². The van der Waals surface area contributed by atoms with Crippen LogP contribution < -0.4 is 5.32 Å². The van der Waals surface area contributed by atoms with E-state index in [1.54, 1.807) is 6.07 Å². The number of amides is 1. The van der Waals surface area contributed by atoms with Gasteiger partial charge in [0.25, 0.3) is 0 Å². The number of carbonyl (C=O) groups excluding carboxylic acids is 1. The summed E-state index contributed by atoms with van der Waals surface area (Å²) < 4.78 is 53.8. The van der Waals surface area contributed by atoms with E-state index in [1.165, 1.54) is 0 Å². The van der Waals surface area contributed by atoms with Gasteiger partial charge in [0, 0.05) is 5.69 Å². The van der Waals surface area contributed by atoms with Crippen LogP contribution in [0.4, 0.5) is 17.6 Å². The molecule has 0 bridgehead atoms. The molecule has 0 saturated heterocycles. The first kappa shape index (κ1) is 17.7. The number of halogens is 4. The Kier molecular flexibility index (Phi) is 5.56. The average molecular weight is 334 g/mol. The monoisotopic (exact) mass is 334 g/mol. The largest absolute Gasteiger partial charge is 0.365 e. The molecule has 1 heterocycles. The zero-order chi connectivity index (χ0) is 17.0. The van der Waals surface area contributed by atoms with E-state index in [0.717, 1.165) is 18.5 Å². The van der Waals surface area contributed by atoms with E-state index >= 15 is 0 Å². The Bertz CT molecular complexity index is 550. The number of ether oxygens (including phenoxy) is 1. The van der Waals surface area contributed by atoms with Gasteiger partial charge in [0.15, 0.2) is 0 Å². The highest BCUT2D eigenvalue weighted by molar-refractivity contribution is 5.77. The number of nitrogens with one attached hydrogen (secondary N) is 1. The molecule has 1 N–H and O–H groups in total. The molecule has 23 heavy (non-hydrogen) atoms. The molecule has 1 fully saturated rings. The van der Waals surface area contributed by atoms with Crippen molar-refractivity contribution in [3.05, 3.63) is 29.6 Å². The van der Waals surface area contributed by atoms with Crippen LogP contribution in [0.1, 0.15) is 30.3 Å². The number of hydrogen-bond donors (Lipinski definition) is 1. The lowest BCUT2D eigenvalue weighted by molar-refractivity contribution is -0.168. The van der Waals surface area contributed by atoms with E-state index in [0.29, 0.717) is 5.69 Å². The van der Waals surface area contributed by atoms with Crippen molar-refractivity contribution in [2.45, 2.75) is 38.2 Å². The van der Waals surface area contributed by atoms with E-state index in [4.69, 9.17) is 0 Å². The summed E-state index contributed by atoms with van der Waals surface area (Å²) in [6, 6.07) is 5.10. The van der Waals surface area contributed by atoms with Crippen LogP contribution in [-0.2, 0) is 9.53 Å². The maximum Gasteiger partial charge on any atom is 0.330 e. The number of aryl methyl sites for hydroxylation is 1. The maximum absolute atomic E-state index is 12.7. The van der Waals surface area contributed by atoms with Gasteiger partial charge in [0.1, 0.15) is 13.2 Å². The van der Waals surface area contributed by atoms with Gasteiger partial charge in [-0.1, -0.05) is 6.07 Å². The van der Waals surface area contributed by atoms with Gasteiger partial charge in [0.2, 0.25) is 5.91 Å². The van der Waals surface area contributed by atoms with Gasteiger partial charge in [-0.3, -0.25) is 9.78 Å². The second-order valence-electron chi connectivity index (χ2n) is 5.64. The number of pyridine rings is 1. The molecular weight excluding hydrogens is 316 g/mol. The van der Waals surface area contributed by atoms with E-state index in [1.807, 2.05) is 19.1 Å². The van der Waals surface area contributed by atoms with Crippen molar-refractivity contribution in [2.75, 3.05) is 13.2 Å². The Morgan fingerprint density at radius 1 is 1.43 bits per heavy atom. The zero-order valence-corrected chi connectivity index (χ0v) is 12.6. The third-order valence-electron chi connectivity index (χ3n) is 3.49. The molecule has 4 nitrogen and oxygen atoms in total. The number of hydrogen-bond acceptors (Lipinski definition) is 3. The molecule has 0 spiro atoms. The summed E-state index contributed by atoms with van der Waals surface area (Å²) in [7, 11) is 0. The number of rotatable bonds is 8. The lowest BCUT2D eigenvalue weighted by Crippen LogP contribution is -2.37. The molecule has 1 atom stereocenters. The Morgan fingerprint density at radius 3 is 2.70 bits per heavy atom. The quantitative estimate of drug-likeness (QED) is 0.744. The number of carbonyl (C=O) groups is 1. The van der Waals surface area contributed by atoms with Gasteiger partial charge in [-0.15, -0.1) is 0 Å². The minimum atomic E-state index is -4.26. The van der Waals surface area contributed by atoms with Crippen LogP contribution in [-0.4, -0.2) is 36.5 Å². The number of alkyl halides is 4. The SMILES string of the molecule is Cc1cccc([C@H](NC(=O)COCC(F)(F)C(F)F)C2CC2)n1. The fourth-order valence-corrected chi connectivity index (χ4v) is 2.16. The van der Waals surface area contributed by atoms with Gasteiger partial charge in [0.05, 0.1) is 11.7 Å². The molecule has 0 radical (unpaired) electrons. The van der Waals surface area contributed by atoms with Gasteiger partial charge in [-0.25, -0.2) is 8.78 Å². The minimum absolute atomic E-state index is 0.246. The molecule has 2 rings (SSSR count). The van der Waals surface area contributed by atoms with Crippen molar-refractivity contribution in [1.82, 2.24) is 10.3 Å². The van der Waals surface area contributed by atoms with Crippen LogP contribution in [0.15, 0.2) is 18.2 Å². The first-order valence-electron chi connectivity index (χ1n) is 7.26. The summed E-state index contributed by atoms with van der Waals surface area (Å²) in [4.78, 5) is 16.2. The highest BCUT2D eigenvalue weighted by Crippen LogP contribution is 2.40. The second kappa shape index (κ2) is 7.25. The van der Waals surface area contributed by atoms with Crippen LogP contribution in [0.5, 0.6) is 0 Å². The van der Waals surface area contributed by atoms with Gasteiger partial charge in [-0.05, 0) is 37.8 Å². The van der Waals surface area contributed by atoms with Gasteiger partial charge < -0.3 is 10.1 Å². The Morgan fingerprint density at radius 2 is 2.13 bits per heavy atom. The summed E-state index contributed by atoms with van der Waals surface area (Å²) >= 11 is 0. The molecule has 0 aromatic carbocycles. The molecule has 0 unspecified atom stereocenters. The molecule has 1 aromatic heterocycles. The topological polar surface area (TPSA) is 51.2 Å². The fraction of sp³-hybridized carbons (Fsp3) is 0.600. The molecule has 1 amide bonds. The molecule has 0 aliphatic heterocycles. The standard InChI is InChI=1S/C15H18F4N2O2/c1-9-3-2-4-11(20-9)13(10-5-6-10)21-12(22)7-23-8-15(18,19)14(16)17/h2-4,10,13-14H,5-8H2,1H3,(H,21,22)/t13-/m1/s1. The second-order valence-corrected chi connectivity index (χ2v) is 5.64. The summed E-state index contributed by atoms with van der Waals surface area (Å²) in [5.74, 6) is -4.64. The smallest absolute Gasteiger partial charge is 0.330 e. The Hall–Kier alpha value is -1.70. The third-order valence-corrected chi connectivity index (χ3v) is 3.49. The van der Waals surface area contributed by atoms with E-state index < -0.39 is 31.5 Å². The average Bonchev–Trinajstić information content (AvgIpc) is 3.29. The molecule has 1 saturated carbocycles. The molecule has 1 aliphatic rings. The predicted octanol–water partition coefficient (Wildman–Crippen LogP) is 2.87. The van der Waals surface area contributed by atoms with Crippen LogP contribution in [0, 0.1) is 12.8 Å². The van der Waals surface area contributed by atoms with Crippen LogP contribution in [0.3, 0.4) is 0 Å². The summed E-state index contributed by atoms with van der Waals surface area (Å²) in [6.45, 7) is -0.364. The zero-order valence-electron chi connectivity index (χ0n) is 12.6. The number of aromatic nitrogens is 1. The van der Waals surface area contributed by atoms with Crippen molar-refractivity contribution < 1.29 is 27.1 Å². The first-order valence-corrected chi connectivity index (χ1v) is 7.26. The summed E-state index contributed by atoms with van der Waals surface area (Å²) in [5, 5.41) is 2.68. The minimum Gasteiger partial charge on any atom is -0.365 e. The van der Waals surface area contributed by atoms with Gasteiger partial charge in [-0.2, -0.15) is 8.78 Å². The van der Waals surface area contributed by atoms with Crippen LogP contribution in [0.2, 0.25) is 0 Å². The van der Waals surface area contributed by atoms with Crippen LogP contribution in [0.25, 0.3) is 0 Å². The Balaban J connectivity index is 1.87. The maximum atomic E-state index is 12.7. The Labute approximate surface area is 131 Å². The molecule has 8 heteroatoms. The van der Waals surface area contributed by atoms with Crippen molar-refractivity contribution >= 4 is 5.91 Å². The molecule has 1 aliphatic carbocycles. The highest BCUT2D eigenvalue weighted by Gasteiger charge is 2.41. The van der Waals surface area contributed by atoms with Crippen molar-refractivity contribution in [1.29, 1.82) is 0 Å². The lowest BCUT2D eigenvalue weighted by Gasteiger charge is -2.19. The molecular formula is C15H18F4N2O2. The fourth-order valence-electron chi connectivity index (χ4n) is 2.16. The first-order chi connectivity index (χ1) is 10.8. The van der Waals surface area contributed by atoms with E-state index in [2.05, 4.69) is 15.0 Å². The van der Waals surface area contributed by atoms with E-state index in [9.17, 15) is 22.4 Å². The molecule has 1 aromatic rings. The summed E-state index contributed by atoms with van der Waals surface area (Å²) in [6.07, 6.45) is -1.95. The van der Waals surface area contributed by atoms with Crippen LogP contribution >= 0.6 is 0 Å². The normalized spacial score (nSPS) is 16.4. The molecule has 128 valence electrons. The van der Waals surface area contributed by atoms with Gasteiger partial charge >= 0.3 is 12.3 Å².